The molecule has 1 aromatic heterocycles. The molecule has 1 amide bonds. The standard InChI is InChI=1S/C20H27BrN4O2/c1-14-19(21)15(2)25(22-14)16(3)20(26)24-10-8-23(9-11-24)13-17-6-5-7-18(12-17)27-4/h5-7,12,16H,8-11,13H2,1-4H3. The smallest absolute Gasteiger partial charge is 0.247 e. The molecule has 146 valence electrons. The predicted octanol–water partition coefficient (Wildman–Crippen LogP) is 3.18. The van der Waals surface area contributed by atoms with Crippen LogP contribution >= 0.6 is 15.9 Å². The molecule has 6 nitrogen and oxygen atoms in total. The summed E-state index contributed by atoms with van der Waals surface area (Å²) >= 11 is 3.54. The van der Waals surface area contributed by atoms with Crippen molar-refractivity contribution in [2.45, 2.75) is 33.4 Å². The molecule has 3 rings (SSSR count). The summed E-state index contributed by atoms with van der Waals surface area (Å²) in [6.45, 7) is 9.96. The minimum Gasteiger partial charge on any atom is -0.497 e. The Kier molecular flexibility index (Phi) is 6.22. The number of rotatable bonds is 5. The van der Waals surface area contributed by atoms with Crippen molar-refractivity contribution in [2.75, 3.05) is 33.3 Å². The van der Waals surface area contributed by atoms with E-state index >= 15 is 0 Å². The Hall–Kier alpha value is -1.86. The van der Waals surface area contributed by atoms with Gasteiger partial charge in [-0.15, -0.1) is 0 Å². The highest BCUT2D eigenvalue weighted by atomic mass is 79.9. The van der Waals surface area contributed by atoms with Gasteiger partial charge in [0.15, 0.2) is 0 Å². The second-order valence-electron chi connectivity index (χ2n) is 7.06. The number of ether oxygens (including phenoxy) is 1. The number of piperazine rings is 1. The first-order valence-corrected chi connectivity index (χ1v) is 10.0. The molecule has 0 N–H and O–H groups in total. The number of methoxy groups -OCH3 is 1. The van der Waals surface area contributed by atoms with Crippen LogP contribution in [-0.4, -0.2) is 58.8 Å². The highest BCUT2D eigenvalue weighted by Gasteiger charge is 2.27. The number of benzene rings is 1. The largest absolute Gasteiger partial charge is 0.497 e. The molecule has 1 aromatic carbocycles. The fourth-order valence-electron chi connectivity index (χ4n) is 3.54. The van der Waals surface area contributed by atoms with Gasteiger partial charge in [-0.2, -0.15) is 5.10 Å². The molecule has 0 saturated carbocycles. The summed E-state index contributed by atoms with van der Waals surface area (Å²) in [5.41, 5.74) is 3.13. The zero-order chi connectivity index (χ0) is 19.6. The number of aryl methyl sites for hydroxylation is 1. The second-order valence-corrected chi connectivity index (χ2v) is 7.85. The second kappa shape index (κ2) is 8.44. The van der Waals surface area contributed by atoms with E-state index in [9.17, 15) is 4.79 Å². The number of carbonyl (C=O) groups is 1. The lowest BCUT2D eigenvalue weighted by atomic mass is 10.1. The maximum absolute atomic E-state index is 12.9. The lowest BCUT2D eigenvalue weighted by molar-refractivity contribution is -0.136. The lowest BCUT2D eigenvalue weighted by Crippen LogP contribution is -2.50. The molecule has 2 heterocycles. The van der Waals surface area contributed by atoms with Crippen LogP contribution in [0.5, 0.6) is 5.75 Å². The molecule has 0 spiro atoms. The van der Waals surface area contributed by atoms with E-state index in [1.165, 1.54) is 5.56 Å². The van der Waals surface area contributed by atoms with Crippen LogP contribution in [0.15, 0.2) is 28.7 Å². The molecular weight excluding hydrogens is 408 g/mol. The van der Waals surface area contributed by atoms with Crippen LogP contribution in [0.25, 0.3) is 0 Å². The van der Waals surface area contributed by atoms with Gasteiger partial charge in [-0.05, 0) is 54.4 Å². The van der Waals surface area contributed by atoms with Crippen LogP contribution in [-0.2, 0) is 11.3 Å². The lowest BCUT2D eigenvalue weighted by Gasteiger charge is -2.36. The highest BCUT2D eigenvalue weighted by molar-refractivity contribution is 9.10. The zero-order valence-electron chi connectivity index (χ0n) is 16.4. The Balaban J connectivity index is 1.58. The van der Waals surface area contributed by atoms with Crippen molar-refractivity contribution in [1.29, 1.82) is 0 Å². The fraction of sp³-hybridized carbons (Fsp3) is 0.500. The summed E-state index contributed by atoms with van der Waals surface area (Å²) in [5.74, 6) is 1.01. The quantitative estimate of drug-likeness (QED) is 0.724. The number of amides is 1. The van der Waals surface area contributed by atoms with Crippen molar-refractivity contribution in [1.82, 2.24) is 19.6 Å². The first-order chi connectivity index (χ1) is 12.9. The molecule has 7 heteroatoms. The number of nitrogens with zero attached hydrogens (tertiary/aromatic N) is 4. The van der Waals surface area contributed by atoms with Crippen LogP contribution in [0.4, 0.5) is 0 Å². The fourth-order valence-corrected chi connectivity index (χ4v) is 3.81. The summed E-state index contributed by atoms with van der Waals surface area (Å²) in [7, 11) is 1.69. The van der Waals surface area contributed by atoms with Crippen molar-refractivity contribution < 1.29 is 9.53 Å². The van der Waals surface area contributed by atoms with Gasteiger partial charge in [0, 0.05) is 32.7 Å². The van der Waals surface area contributed by atoms with Gasteiger partial charge >= 0.3 is 0 Å². The summed E-state index contributed by atoms with van der Waals surface area (Å²) in [6, 6.07) is 7.87. The molecule has 0 radical (unpaired) electrons. The predicted molar refractivity (Wildman–Crippen MR) is 109 cm³/mol. The van der Waals surface area contributed by atoms with E-state index in [0.29, 0.717) is 0 Å². The average Bonchev–Trinajstić information content (AvgIpc) is 2.95. The first-order valence-electron chi connectivity index (χ1n) is 9.26. The van der Waals surface area contributed by atoms with Gasteiger partial charge in [-0.1, -0.05) is 12.1 Å². The Bertz CT molecular complexity index is 812. The van der Waals surface area contributed by atoms with Gasteiger partial charge in [0.1, 0.15) is 11.8 Å². The van der Waals surface area contributed by atoms with Gasteiger partial charge in [0.2, 0.25) is 5.91 Å². The Labute approximate surface area is 169 Å². The molecule has 1 aliphatic rings. The summed E-state index contributed by atoms with van der Waals surface area (Å²) in [6.07, 6.45) is 0. The number of aromatic nitrogens is 2. The molecule has 2 aromatic rings. The summed E-state index contributed by atoms with van der Waals surface area (Å²) in [5, 5.41) is 4.51. The molecule has 27 heavy (non-hydrogen) atoms. The molecule has 1 fully saturated rings. The minimum atomic E-state index is -0.292. The van der Waals surface area contributed by atoms with Crippen molar-refractivity contribution >= 4 is 21.8 Å². The van der Waals surface area contributed by atoms with Gasteiger partial charge < -0.3 is 9.64 Å². The van der Waals surface area contributed by atoms with Crippen molar-refractivity contribution in [3.05, 3.63) is 45.7 Å². The number of hydrogen-bond acceptors (Lipinski definition) is 4. The van der Waals surface area contributed by atoms with Crippen LogP contribution in [0.1, 0.15) is 29.9 Å². The van der Waals surface area contributed by atoms with Crippen LogP contribution in [0, 0.1) is 13.8 Å². The van der Waals surface area contributed by atoms with Gasteiger partial charge in [0.05, 0.1) is 23.0 Å². The number of halogens is 1. The van der Waals surface area contributed by atoms with Gasteiger partial charge in [0.25, 0.3) is 0 Å². The third kappa shape index (κ3) is 4.35. The first kappa shape index (κ1) is 19.9. The van der Waals surface area contributed by atoms with Crippen LogP contribution in [0.2, 0.25) is 0 Å². The van der Waals surface area contributed by atoms with E-state index in [0.717, 1.165) is 54.3 Å². The Morgan fingerprint density at radius 2 is 1.96 bits per heavy atom. The molecule has 1 unspecified atom stereocenters. The molecule has 0 aliphatic carbocycles. The van der Waals surface area contributed by atoms with E-state index in [1.54, 1.807) is 7.11 Å². The van der Waals surface area contributed by atoms with Crippen LogP contribution in [0.3, 0.4) is 0 Å². The molecule has 1 atom stereocenters. The average molecular weight is 435 g/mol. The van der Waals surface area contributed by atoms with Crippen LogP contribution < -0.4 is 4.74 Å². The van der Waals surface area contributed by atoms with E-state index in [4.69, 9.17) is 4.74 Å². The van der Waals surface area contributed by atoms with Crippen molar-refractivity contribution in [3.63, 3.8) is 0 Å². The molecular formula is C20H27BrN4O2. The van der Waals surface area contributed by atoms with Gasteiger partial charge in [-0.3, -0.25) is 14.4 Å². The topological polar surface area (TPSA) is 50.6 Å². The van der Waals surface area contributed by atoms with E-state index in [-0.39, 0.29) is 11.9 Å². The Morgan fingerprint density at radius 1 is 1.26 bits per heavy atom. The highest BCUT2D eigenvalue weighted by Crippen LogP contribution is 2.24. The monoisotopic (exact) mass is 434 g/mol. The molecule has 1 aliphatic heterocycles. The molecule has 0 bridgehead atoms. The third-order valence-corrected chi connectivity index (χ3v) is 6.33. The van der Waals surface area contributed by atoms with Gasteiger partial charge in [-0.25, -0.2) is 0 Å². The Morgan fingerprint density at radius 3 is 2.56 bits per heavy atom. The zero-order valence-corrected chi connectivity index (χ0v) is 18.0. The SMILES string of the molecule is COc1cccc(CN2CCN(C(=O)C(C)n3nc(C)c(Br)c3C)CC2)c1. The van der Waals surface area contributed by atoms with Crippen molar-refractivity contribution in [2.24, 2.45) is 0 Å². The van der Waals surface area contributed by atoms with Crippen molar-refractivity contribution in [3.8, 4) is 5.75 Å². The summed E-state index contributed by atoms with van der Waals surface area (Å²) in [4.78, 5) is 17.3. The normalized spacial score (nSPS) is 16.4. The number of carbonyl (C=O) groups excluding carboxylic acids is 1. The van der Waals surface area contributed by atoms with E-state index in [2.05, 4.69) is 38.1 Å². The maximum atomic E-state index is 12.9. The number of hydrogen-bond donors (Lipinski definition) is 0. The third-order valence-electron chi connectivity index (χ3n) is 5.19. The summed E-state index contributed by atoms with van der Waals surface area (Å²) < 4.78 is 8.10. The van der Waals surface area contributed by atoms with E-state index < -0.39 is 0 Å². The molecule has 1 saturated heterocycles. The minimum absolute atomic E-state index is 0.133. The van der Waals surface area contributed by atoms with E-state index in [1.807, 2.05) is 42.5 Å². The maximum Gasteiger partial charge on any atom is 0.247 e.